The van der Waals surface area contributed by atoms with Gasteiger partial charge in [-0.2, -0.15) is 5.10 Å². The smallest absolute Gasteiger partial charge is 0.274 e. The van der Waals surface area contributed by atoms with Gasteiger partial charge in [-0.25, -0.2) is 9.07 Å². The summed E-state index contributed by atoms with van der Waals surface area (Å²) in [6, 6.07) is 27.9. The van der Waals surface area contributed by atoms with Gasteiger partial charge in [0.1, 0.15) is 5.82 Å². The Morgan fingerprint density at radius 3 is 2.17 bits per heavy atom. The Bertz CT molecular complexity index is 2090. The molecule has 0 aliphatic carbocycles. The summed E-state index contributed by atoms with van der Waals surface area (Å²) in [6.07, 6.45) is 4.83. The molecule has 0 fully saturated rings. The maximum absolute atomic E-state index is 14.6. The molecule has 2 N–H and O–H groups in total. The third kappa shape index (κ3) is 8.77. The van der Waals surface area contributed by atoms with Crippen LogP contribution in [0.3, 0.4) is 0 Å². The number of unbranched alkanes of at least 4 members (excludes halogenated alkanes) is 2. The Labute approximate surface area is 316 Å². The van der Waals surface area contributed by atoms with Crippen LogP contribution in [0.4, 0.5) is 10.1 Å². The molecule has 5 aromatic rings. The molecule has 2 heterocycles. The number of aryl methyl sites for hydroxylation is 1. The number of nitrogens with one attached hydrogen (secondary N) is 1. The summed E-state index contributed by atoms with van der Waals surface area (Å²) in [6.45, 7) is 7.44. The lowest BCUT2D eigenvalue weighted by molar-refractivity contribution is 0.0544. The van der Waals surface area contributed by atoms with E-state index in [4.69, 9.17) is 5.10 Å². The van der Waals surface area contributed by atoms with Crippen LogP contribution in [0.15, 0.2) is 97.1 Å². The molecule has 9 nitrogen and oxygen atoms in total. The highest BCUT2D eigenvalue weighted by Gasteiger charge is 2.32. The molecule has 0 saturated carbocycles. The zero-order valence-electron chi connectivity index (χ0n) is 31.2. The molecule has 4 aromatic carbocycles. The lowest BCUT2D eigenvalue weighted by atomic mass is 9.93. The third-order valence-corrected chi connectivity index (χ3v) is 10.0. The number of aliphatic hydroxyl groups excluding tert-OH is 1. The number of rotatable bonds is 14. The SMILES string of the molecule is CCCCN(CCCC)C(=O)c1cc(C)n(-c2ccc(NC(=O)c3ccc(Cc4ccc(F)cc4)cc3)cc2C(=O)N2Cc3ccccc3C[C@H]2CO)n1. The van der Waals surface area contributed by atoms with E-state index in [1.165, 1.54) is 12.1 Å². The first-order valence-electron chi connectivity index (χ1n) is 18.8. The minimum Gasteiger partial charge on any atom is -0.394 e. The molecule has 280 valence electrons. The zero-order valence-corrected chi connectivity index (χ0v) is 31.2. The molecule has 1 aromatic heterocycles. The second-order valence-electron chi connectivity index (χ2n) is 14.0. The Morgan fingerprint density at radius 2 is 1.52 bits per heavy atom. The van der Waals surface area contributed by atoms with Gasteiger partial charge in [0, 0.05) is 36.6 Å². The van der Waals surface area contributed by atoms with Crippen LogP contribution in [0.25, 0.3) is 5.69 Å². The van der Waals surface area contributed by atoms with Crippen molar-refractivity contribution in [2.24, 2.45) is 0 Å². The van der Waals surface area contributed by atoms with Gasteiger partial charge in [0.2, 0.25) is 0 Å². The fourth-order valence-corrected chi connectivity index (χ4v) is 6.93. The van der Waals surface area contributed by atoms with E-state index in [9.17, 15) is 23.9 Å². The number of carbonyl (C=O) groups is 3. The normalized spacial score (nSPS) is 13.7. The molecule has 0 bridgehead atoms. The number of amides is 3. The van der Waals surface area contributed by atoms with Gasteiger partial charge in [-0.05, 0) is 103 Å². The van der Waals surface area contributed by atoms with E-state index in [0.717, 1.165) is 47.9 Å². The average Bonchev–Trinajstić information content (AvgIpc) is 3.58. The first-order chi connectivity index (χ1) is 26.2. The quantitative estimate of drug-likeness (QED) is 0.122. The monoisotopic (exact) mass is 729 g/mol. The highest BCUT2D eigenvalue weighted by molar-refractivity contribution is 6.06. The highest BCUT2D eigenvalue weighted by Crippen LogP contribution is 2.29. The number of anilines is 1. The molecule has 1 aliphatic heterocycles. The van der Waals surface area contributed by atoms with Crippen LogP contribution >= 0.6 is 0 Å². The summed E-state index contributed by atoms with van der Waals surface area (Å²) in [5.41, 5.74) is 6.60. The summed E-state index contributed by atoms with van der Waals surface area (Å²) in [5, 5.41) is 18.2. The van der Waals surface area contributed by atoms with Crippen LogP contribution in [0.5, 0.6) is 0 Å². The third-order valence-electron chi connectivity index (χ3n) is 10.0. The van der Waals surface area contributed by atoms with Crippen molar-refractivity contribution in [1.82, 2.24) is 19.6 Å². The lowest BCUT2D eigenvalue weighted by Gasteiger charge is -2.36. The highest BCUT2D eigenvalue weighted by atomic mass is 19.1. The van der Waals surface area contributed by atoms with Crippen molar-refractivity contribution in [3.05, 3.63) is 148 Å². The van der Waals surface area contributed by atoms with Crippen molar-refractivity contribution in [3.8, 4) is 5.69 Å². The van der Waals surface area contributed by atoms with Crippen molar-refractivity contribution in [2.45, 2.75) is 71.9 Å². The van der Waals surface area contributed by atoms with Gasteiger partial charge in [0.05, 0.1) is 23.9 Å². The largest absolute Gasteiger partial charge is 0.394 e. The predicted octanol–water partition coefficient (Wildman–Crippen LogP) is 7.76. The minimum atomic E-state index is -0.450. The molecule has 10 heteroatoms. The minimum absolute atomic E-state index is 0.146. The van der Waals surface area contributed by atoms with Crippen molar-refractivity contribution in [3.63, 3.8) is 0 Å². The zero-order chi connectivity index (χ0) is 38.2. The Morgan fingerprint density at radius 1 is 0.870 bits per heavy atom. The van der Waals surface area contributed by atoms with Gasteiger partial charge in [0.25, 0.3) is 17.7 Å². The summed E-state index contributed by atoms with van der Waals surface area (Å²) in [7, 11) is 0. The van der Waals surface area contributed by atoms with E-state index in [0.29, 0.717) is 60.8 Å². The van der Waals surface area contributed by atoms with Gasteiger partial charge in [-0.15, -0.1) is 0 Å². The van der Waals surface area contributed by atoms with Crippen molar-refractivity contribution < 1.29 is 23.9 Å². The van der Waals surface area contributed by atoms with E-state index >= 15 is 0 Å². The number of fused-ring (bicyclic) bond motifs is 1. The van der Waals surface area contributed by atoms with Crippen LogP contribution < -0.4 is 5.32 Å². The maximum atomic E-state index is 14.6. The molecule has 1 atom stereocenters. The van der Waals surface area contributed by atoms with Gasteiger partial charge >= 0.3 is 0 Å². The molecular formula is C44H48FN5O4. The predicted molar refractivity (Wildman–Crippen MR) is 209 cm³/mol. The fourth-order valence-electron chi connectivity index (χ4n) is 6.93. The summed E-state index contributed by atoms with van der Waals surface area (Å²) < 4.78 is 15.0. The Balaban J connectivity index is 1.31. The van der Waals surface area contributed by atoms with Crippen LogP contribution in [-0.2, 0) is 19.4 Å². The second-order valence-corrected chi connectivity index (χ2v) is 14.0. The van der Waals surface area contributed by atoms with Gasteiger partial charge in [-0.1, -0.05) is 75.2 Å². The summed E-state index contributed by atoms with van der Waals surface area (Å²) in [4.78, 5) is 45.4. The molecule has 0 radical (unpaired) electrons. The van der Waals surface area contributed by atoms with Gasteiger partial charge in [0.15, 0.2) is 5.69 Å². The van der Waals surface area contributed by atoms with E-state index in [1.54, 1.807) is 58.1 Å². The summed E-state index contributed by atoms with van der Waals surface area (Å²) in [5.74, 6) is -1.11. The van der Waals surface area contributed by atoms with Crippen LogP contribution in [-0.4, -0.2) is 68.1 Å². The number of aromatic nitrogens is 2. The fraction of sp³-hybridized carbons (Fsp3) is 0.318. The molecule has 54 heavy (non-hydrogen) atoms. The van der Waals surface area contributed by atoms with Crippen LogP contribution in [0.1, 0.15) is 98.7 Å². The summed E-state index contributed by atoms with van der Waals surface area (Å²) >= 11 is 0. The van der Waals surface area contributed by atoms with Gasteiger partial charge in [-0.3, -0.25) is 14.4 Å². The van der Waals surface area contributed by atoms with E-state index < -0.39 is 6.04 Å². The number of carbonyl (C=O) groups excluding carboxylic acids is 3. The molecule has 0 saturated heterocycles. The number of aliphatic hydroxyl groups is 1. The van der Waals surface area contributed by atoms with E-state index in [2.05, 4.69) is 19.2 Å². The Kier molecular flexibility index (Phi) is 12.3. The van der Waals surface area contributed by atoms with Crippen LogP contribution in [0.2, 0.25) is 0 Å². The van der Waals surface area contributed by atoms with Crippen molar-refractivity contribution in [2.75, 3.05) is 25.0 Å². The lowest BCUT2D eigenvalue weighted by Crippen LogP contribution is -2.46. The number of hydrogen-bond donors (Lipinski definition) is 2. The number of benzene rings is 4. The molecule has 3 amide bonds. The van der Waals surface area contributed by atoms with E-state index in [1.807, 2.05) is 48.2 Å². The molecule has 1 aliphatic rings. The average molecular weight is 730 g/mol. The van der Waals surface area contributed by atoms with Gasteiger partial charge < -0.3 is 20.2 Å². The first-order valence-corrected chi connectivity index (χ1v) is 18.8. The maximum Gasteiger partial charge on any atom is 0.274 e. The number of hydrogen-bond acceptors (Lipinski definition) is 5. The topological polar surface area (TPSA) is 108 Å². The van der Waals surface area contributed by atoms with Crippen LogP contribution in [0, 0.1) is 12.7 Å². The Hall–Kier alpha value is -5.61. The molecule has 0 spiro atoms. The first kappa shape index (κ1) is 38.1. The molecular weight excluding hydrogens is 682 g/mol. The standard InChI is InChI=1S/C44H48FN5O4/c1-4-6-22-48(23-7-5-2)44(54)40-24-30(3)50(47-40)41-21-20-37(27-39(41)43(53)49-28-35-11-9-8-10-34(35)26-38(49)29-51)46-42(52)33-16-12-31(13-17-33)25-32-14-18-36(45)19-15-32/h8-21,24,27,38,51H,4-7,22-23,25-26,28-29H2,1-3H3,(H,46,52)/t38-/m0/s1. The van der Waals surface area contributed by atoms with Crippen molar-refractivity contribution in [1.29, 1.82) is 0 Å². The van der Waals surface area contributed by atoms with Crippen molar-refractivity contribution >= 4 is 23.4 Å². The number of nitrogens with zero attached hydrogens (tertiary/aromatic N) is 4. The molecule has 6 rings (SSSR count). The van der Waals surface area contributed by atoms with E-state index in [-0.39, 0.29) is 35.7 Å². The second kappa shape index (κ2) is 17.5. The number of halogens is 1. The molecule has 0 unspecified atom stereocenters.